The first-order valence-corrected chi connectivity index (χ1v) is 6.42. The summed E-state index contributed by atoms with van der Waals surface area (Å²) in [5.41, 5.74) is 6.36. The zero-order valence-electron chi connectivity index (χ0n) is 10.7. The van der Waals surface area contributed by atoms with E-state index < -0.39 is 6.09 Å². The summed E-state index contributed by atoms with van der Waals surface area (Å²) in [5, 5.41) is 0. The van der Waals surface area contributed by atoms with Gasteiger partial charge in [-0.25, -0.2) is 4.79 Å². The maximum atomic E-state index is 10.7. The van der Waals surface area contributed by atoms with Crippen LogP contribution in [0.5, 0.6) is 0 Å². The zero-order valence-corrected chi connectivity index (χ0v) is 10.7. The summed E-state index contributed by atoms with van der Waals surface area (Å²) < 4.78 is 5.04. The quantitative estimate of drug-likeness (QED) is 0.893. The number of likely N-dealkylation sites (tertiary alicyclic amines) is 1. The average molecular weight is 248 g/mol. The number of nitrogens with two attached hydrogens (primary N) is 1. The molecule has 0 spiro atoms. The zero-order chi connectivity index (χ0) is 13.0. The maximum Gasteiger partial charge on any atom is 0.404 e. The molecule has 1 aromatic carbocycles. The van der Waals surface area contributed by atoms with Crippen LogP contribution >= 0.6 is 0 Å². The fourth-order valence-electron chi connectivity index (χ4n) is 2.49. The van der Waals surface area contributed by atoms with Gasteiger partial charge in [0.05, 0.1) is 0 Å². The average Bonchev–Trinajstić information content (AvgIpc) is 2.39. The number of carbonyl (C=O) groups excluding carboxylic acids is 1. The molecule has 0 bridgehead atoms. The Morgan fingerprint density at radius 1 is 1.33 bits per heavy atom. The minimum absolute atomic E-state index is 0.0123. The fourth-order valence-corrected chi connectivity index (χ4v) is 2.49. The first-order chi connectivity index (χ1) is 8.66. The van der Waals surface area contributed by atoms with E-state index in [2.05, 4.69) is 36.1 Å². The van der Waals surface area contributed by atoms with Gasteiger partial charge in [-0.1, -0.05) is 30.3 Å². The molecule has 2 rings (SSSR count). The van der Waals surface area contributed by atoms with Crippen molar-refractivity contribution in [3.05, 3.63) is 35.9 Å². The van der Waals surface area contributed by atoms with E-state index in [1.807, 2.05) is 6.07 Å². The minimum Gasteiger partial charge on any atom is -0.446 e. The topological polar surface area (TPSA) is 55.6 Å². The second kappa shape index (κ2) is 5.87. The molecule has 1 aliphatic heterocycles. The predicted molar refractivity (Wildman–Crippen MR) is 70.1 cm³/mol. The van der Waals surface area contributed by atoms with Gasteiger partial charge >= 0.3 is 6.09 Å². The van der Waals surface area contributed by atoms with Crippen LogP contribution < -0.4 is 5.73 Å². The van der Waals surface area contributed by atoms with Gasteiger partial charge in [0.25, 0.3) is 0 Å². The van der Waals surface area contributed by atoms with Gasteiger partial charge in [-0.3, -0.25) is 4.90 Å². The van der Waals surface area contributed by atoms with Gasteiger partial charge in [0.15, 0.2) is 0 Å². The largest absolute Gasteiger partial charge is 0.446 e. The number of piperidine rings is 1. The van der Waals surface area contributed by atoms with E-state index in [0.29, 0.717) is 6.04 Å². The number of ether oxygens (including phenoxy) is 1. The standard InChI is InChI=1S/C14H20N2O2/c1-11(12-5-3-2-4-6-12)16-9-7-13(8-10-16)18-14(15)17/h2-6,11,13H,7-10H2,1H3,(H2,15,17). The van der Waals surface area contributed by atoms with Gasteiger partial charge in [-0.15, -0.1) is 0 Å². The molecule has 0 aromatic heterocycles. The van der Waals surface area contributed by atoms with E-state index in [0.717, 1.165) is 25.9 Å². The summed E-state index contributed by atoms with van der Waals surface area (Å²) in [6.07, 6.45) is 1.05. The minimum atomic E-state index is -0.662. The molecular formula is C14H20N2O2. The Kier molecular flexibility index (Phi) is 4.20. The summed E-state index contributed by atoms with van der Waals surface area (Å²) in [6, 6.07) is 10.9. The van der Waals surface area contributed by atoms with Crippen molar-refractivity contribution in [2.75, 3.05) is 13.1 Å². The van der Waals surface area contributed by atoms with Crippen molar-refractivity contribution in [1.29, 1.82) is 0 Å². The molecule has 0 radical (unpaired) electrons. The number of hydrogen-bond acceptors (Lipinski definition) is 3. The van der Waals surface area contributed by atoms with Crippen LogP contribution in [-0.2, 0) is 4.74 Å². The first-order valence-electron chi connectivity index (χ1n) is 6.42. The van der Waals surface area contributed by atoms with Gasteiger partial charge in [0.1, 0.15) is 6.10 Å². The van der Waals surface area contributed by atoms with E-state index in [1.54, 1.807) is 0 Å². The van der Waals surface area contributed by atoms with Crippen LogP contribution in [0.25, 0.3) is 0 Å². The molecule has 0 saturated carbocycles. The third kappa shape index (κ3) is 3.23. The molecule has 4 heteroatoms. The molecule has 18 heavy (non-hydrogen) atoms. The van der Waals surface area contributed by atoms with Crippen LogP contribution in [0.1, 0.15) is 31.4 Å². The van der Waals surface area contributed by atoms with Crippen LogP contribution in [0, 0.1) is 0 Å². The second-order valence-electron chi connectivity index (χ2n) is 4.76. The van der Waals surface area contributed by atoms with Crippen LogP contribution in [0.15, 0.2) is 30.3 Å². The van der Waals surface area contributed by atoms with Gasteiger partial charge < -0.3 is 10.5 Å². The number of benzene rings is 1. The molecule has 1 amide bonds. The first kappa shape index (κ1) is 12.9. The Morgan fingerprint density at radius 2 is 1.94 bits per heavy atom. The van der Waals surface area contributed by atoms with Crippen LogP contribution in [0.3, 0.4) is 0 Å². The van der Waals surface area contributed by atoms with Crippen molar-refractivity contribution in [3.8, 4) is 0 Å². The number of rotatable bonds is 3. The summed E-state index contributed by atoms with van der Waals surface area (Å²) in [7, 11) is 0. The number of nitrogens with zero attached hydrogens (tertiary/aromatic N) is 1. The van der Waals surface area contributed by atoms with E-state index in [1.165, 1.54) is 5.56 Å². The van der Waals surface area contributed by atoms with Crippen molar-refractivity contribution in [2.24, 2.45) is 5.73 Å². The van der Waals surface area contributed by atoms with E-state index in [9.17, 15) is 4.79 Å². The summed E-state index contributed by atoms with van der Waals surface area (Å²) >= 11 is 0. The molecule has 1 saturated heterocycles. The molecule has 1 aliphatic rings. The van der Waals surface area contributed by atoms with Crippen molar-refractivity contribution in [1.82, 2.24) is 4.90 Å². The molecule has 1 atom stereocenters. The van der Waals surface area contributed by atoms with Crippen molar-refractivity contribution >= 4 is 6.09 Å². The number of primary amides is 1. The molecule has 2 N–H and O–H groups in total. The van der Waals surface area contributed by atoms with Crippen molar-refractivity contribution < 1.29 is 9.53 Å². The smallest absolute Gasteiger partial charge is 0.404 e. The third-order valence-corrected chi connectivity index (χ3v) is 3.59. The normalized spacial score (nSPS) is 19.4. The SMILES string of the molecule is CC(c1ccccc1)N1CCC(OC(N)=O)CC1. The highest BCUT2D eigenvalue weighted by Gasteiger charge is 2.24. The number of amides is 1. The van der Waals surface area contributed by atoms with E-state index in [-0.39, 0.29) is 6.10 Å². The van der Waals surface area contributed by atoms with Crippen molar-refractivity contribution in [3.63, 3.8) is 0 Å². The Balaban J connectivity index is 1.88. The fraction of sp³-hybridized carbons (Fsp3) is 0.500. The lowest BCUT2D eigenvalue weighted by Gasteiger charge is -2.35. The van der Waals surface area contributed by atoms with Gasteiger partial charge in [-0.05, 0) is 25.3 Å². The Hall–Kier alpha value is -1.55. The molecule has 1 unspecified atom stereocenters. The maximum absolute atomic E-state index is 10.7. The predicted octanol–water partition coefficient (Wildman–Crippen LogP) is 2.31. The molecule has 0 aliphatic carbocycles. The lowest BCUT2D eigenvalue weighted by Crippen LogP contribution is -2.39. The van der Waals surface area contributed by atoms with Gasteiger partial charge in [-0.2, -0.15) is 0 Å². The Morgan fingerprint density at radius 3 is 2.50 bits per heavy atom. The molecule has 1 fully saturated rings. The monoisotopic (exact) mass is 248 g/mol. The lowest BCUT2D eigenvalue weighted by molar-refractivity contribution is 0.0446. The number of hydrogen-bond donors (Lipinski definition) is 1. The highest BCUT2D eigenvalue weighted by atomic mass is 16.6. The molecule has 4 nitrogen and oxygen atoms in total. The summed E-state index contributed by atoms with van der Waals surface area (Å²) in [4.78, 5) is 13.1. The van der Waals surface area contributed by atoms with Crippen molar-refractivity contribution in [2.45, 2.75) is 31.9 Å². The van der Waals surface area contributed by atoms with E-state index >= 15 is 0 Å². The Labute approximate surface area is 108 Å². The Bertz CT molecular complexity index is 386. The van der Waals surface area contributed by atoms with E-state index in [4.69, 9.17) is 10.5 Å². The lowest BCUT2D eigenvalue weighted by atomic mass is 10.0. The van der Waals surface area contributed by atoms with Gasteiger partial charge in [0.2, 0.25) is 0 Å². The molecule has 98 valence electrons. The van der Waals surface area contributed by atoms with Gasteiger partial charge in [0, 0.05) is 19.1 Å². The highest BCUT2D eigenvalue weighted by Crippen LogP contribution is 2.24. The third-order valence-electron chi connectivity index (χ3n) is 3.59. The molecular weight excluding hydrogens is 228 g/mol. The van der Waals surface area contributed by atoms with Crippen LogP contribution in [-0.4, -0.2) is 30.2 Å². The summed E-state index contributed by atoms with van der Waals surface area (Å²) in [5.74, 6) is 0. The highest BCUT2D eigenvalue weighted by molar-refractivity contribution is 5.64. The molecule has 1 aromatic rings. The number of carbonyl (C=O) groups is 1. The molecule has 1 heterocycles. The van der Waals surface area contributed by atoms with Crippen LogP contribution in [0.4, 0.5) is 4.79 Å². The van der Waals surface area contributed by atoms with Crippen LogP contribution in [0.2, 0.25) is 0 Å². The second-order valence-corrected chi connectivity index (χ2v) is 4.76. The summed E-state index contributed by atoms with van der Waals surface area (Å²) in [6.45, 7) is 4.09.